The van der Waals surface area contributed by atoms with Gasteiger partial charge in [0.1, 0.15) is 17.5 Å². The Bertz CT molecular complexity index is 720. The van der Waals surface area contributed by atoms with Crippen molar-refractivity contribution in [2.24, 2.45) is 11.8 Å². The Labute approximate surface area is 146 Å². The molecule has 1 saturated carbocycles. The van der Waals surface area contributed by atoms with Gasteiger partial charge in [0.15, 0.2) is 0 Å². The summed E-state index contributed by atoms with van der Waals surface area (Å²) in [6.45, 7) is 1.55. The maximum absolute atomic E-state index is 12.6. The van der Waals surface area contributed by atoms with Crippen molar-refractivity contribution in [2.75, 3.05) is 13.1 Å². The Balaban J connectivity index is 1.43. The molecule has 2 aliphatic rings. The van der Waals surface area contributed by atoms with Crippen LogP contribution in [-0.2, 0) is 0 Å². The molecule has 0 unspecified atom stereocenters. The van der Waals surface area contributed by atoms with Crippen LogP contribution in [0.15, 0.2) is 48.7 Å². The van der Waals surface area contributed by atoms with Crippen LogP contribution in [-0.4, -0.2) is 35.0 Å². The van der Waals surface area contributed by atoms with Gasteiger partial charge in [0.25, 0.3) is 5.91 Å². The van der Waals surface area contributed by atoms with Gasteiger partial charge < -0.3 is 9.64 Å². The molecule has 0 radical (unpaired) electrons. The van der Waals surface area contributed by atoms with Gasteiger partial charge in [-0.2, -0.15) is 0 Å². The zero-order valence-corrected chi connectivity index (χ0v) is 14.0. The monoisotopic (exact) mass is 342 g/mol. The molecule has 3 atom stereocenters. The Kier molecular flexibility index (Phi) is 4.15. The zero-order valence-electron chi connectivity index (χ0n) is 13.3. The Morgan fingerprint density at radius 1 is 1.12 bits per heavy atom. The second-order valence-electron chi connectivity index (χ2n) is 6.54. The fourth-order valence-corrected chi connectivity index (χ4v) is 3.99. The Morgan fingerprint density at radius 3 is 2.71 bits per heavy atom. The van der Waals surface area contributed by atoms with Gasteiger partial charge >= 0.3 is 0 Å². The van der Waals surface area contributed by atoms with Crippen molar-refractivity contribution in [3.05, 3.63) is 59.4 Å². The van der Waals surface area contributed by atoms with E-state index in [9.17, 15) is 4.79 Å². The number of ether oxygens (including phenoxy) is 1. The van der Waals surface area contributed by atoms with Crippen LogP contribution in [0.2, 0.25) is 5.02 Å². The average molecular weight is 343 g/mol. The van der Waals surface area contributed by atoms with Crippen molar-refractivity contribution < 1.29 is 9.53 Å². The molecule has 0 bridgehead atoms. The van der Waals surface area contributed by atoms with Crippen molar-refractivity contribution >= 4 is 17.5 Å². The molecule has 124 valence electrons. The summed E-state index contributed by atoms with van der Waals surface area (Å²) < 4.78 is 6.17. The lowest BCUT2D eigenvalue weighted by atomic mass is 9.99. The number of benzene rings is 1. The number of likely N-dealkylation sites (tertiary alicyclic amines) is 1. The number of carbonyl (C=O) groups is 1. The number of halogens is 1. The van der Waals surface area contributed by atoms with E-state index in [0.29, 0.717) is 22.6 Å². The molecule has 1 aliphatic heterocycles. The van der Waals surface area contributed by atoms with Gasteiger partial charge in [-0.1, -0.05) is 17.7 Å². The predicted molar refractivity (Wildman–Crippen MR) is 92.2 cm³/mol. The van der Waals surface area contributed by atoms with E-state index in [4.69, 9.17) is 16.3 Å². The van der Waals surface area contributed by atoms with Crippen LogP contribution in [0.3, 0.4) is 0 Å². The third-order valence-electron chi connectivity index (χ3n) is 5.06. The molecular formula is C19H19ClN2O2. The highest BCUT2D eigenvalue weighted by Gasteiger charge is 2.45. The minimum atomic E-state index is 0.0234. The van der Waals surface area contributed by atoms with Gasteiger partial charge in [0, 0.05) is 30.2 Å². The standard InChI is InChI=1S/C19H19ClN2O2/c20-14-5-7-15(8-6-14)24-18-9-4-13-11-22(12-16(13)18)19(23)17-3-1-2-10-21-17/h1-3,5-8,10,13,16,18H,4,9,11-12H2/t13-,16+,18-/m0/s1. The maximum Gasteiger partial charge on any atom is 0.272 e. The van der Waals surface area contributed by atoms with E-state index in [1.807, 2.05) is 41.3 Å². The highest BCUT2D eigenvalue weighted by atomic mass is 35.5. The highest BCUT2D eigenvalue weighted by Crippen LogP contribution is 2.40. The van der Waals surface area contributed by atoms with Gasteiger partial charge in [-0.3, -0.25) is 9.78 Å². The summed E-state index contributed by atoms with van der Waals surface area (Å²) in [5.41, 5.74) is 0.521. The van der Waals surface area contributed by atoms with Crippen LogP contribution in [0.25, 0.3) is 0 Å². The highest BCUT2D eigenvalue weighted by molar-refractivity contribution is 6.30. The van der Waals surface area contributed by atoms with E-state index >= 15 is 0 Å². The first-order valence-electron chi connectivity index (χ1n) is 8.33. The van der Waals surface area contributed by atoms with Crippen LogP contribution >= 0.6 is 11.6 Å². The van der Waals surface area contributed by atoms with Crippen LogP contribution in [0.1, 0.15) is 23.3 Å². The van der Waals surface area contributed by atoms with Gasteiger partial charge in [-0.25, -0.2) is 0 Å². The fraction of sp³-hybridized carbons (Fsp3) is 0.368. The van der Waals surface area contributed by atoms with E-state index in [1.54, 1.807) is 12.3 Å². The van der Waals surface area contributed by atoms with Crippen LogP contribution in [0.4, 0.5) is 0 Å². The van der Waals surface area contributed by atoms with Crippen LogP contribution in [0.5, 0.6) is 5.75 Å². The molecule has 4 rings (SSSR count). The zero-order chi connectivity index (χ0) is 16.5. The number of carbonyl (C=O) groups excluding carboxylic acids is 1. The minimum absolute atomic E-state index is 0.0234. The smallest absolute Gasteiger partial charge is 0.272 e. The quantitative estimate of drug-likeness (QED) is 0.854. The van der Waals surface area contributed by atoms with Crippen molar-refractivity contribution in [2.45, 2.75) is 18.9 Å². The summed E-state index contributed by atoms with van der Waals surface area (Å²) in [6.07, 6.45) is 3.98. The lowest BCUT2D eigenvalue weighted by Gasteiger charge is -2.22. The lowest BCUT2D eigenvalue weighted by Crippen LogP contribution is -2.32. The third-order valence-corrected chi connectivity index (χ3v) is 5.32. The number of fused-ring (bicyclic) bond motifs is 1. The van der Waals surface area contributed by atoms with Gasteiger partial charge in [0.2, 0.25) is 0 Å². The molecular weight excluding hydrogens is 324 g/mol. The molecule has 1 saturated heterocycles. The van der Waals surface area contributed by atoms with E-state index in [-0.39, 0.29) is 12.0 Å². The molecule has 1 aromatic heterocycles. The molecule has 2 fully saturated rings. The Morgan fingerprint density at radius 2 is 1.96 bits per heavy atom. The summed E-state index contributed by atoms with van der Waals surface area (Å²) >= 11 is 5.92. The summed E-state index contributed by atoms with van der Waals surface area (Å²) in [5, 5.41) is 0.708. The summed E-state index contributed by atoms with van der Waals surface area (Å²) in [4.78, 5) is 18.7. The second kappa shape index (κ2) is 6.44. The number of hydrogen-bond donors (Lipinski definition) is 0. The van der Waals surface area contributed by atoms with Gasteiger partial charge in [0.05, 0.1) is 0 Å². The molecule has 24 heavy (non-hydrogen) atoms. The first-order valence-corrected chi connectivity index (χ1v) is 8.71. The van der Waals surface area contributed by atoms with Crippen molar-refractivity contribution in [1.82, 2.24) is 9.88 Å². The number of rotatable bonds is 3. The molecule has 5 heteroatoms. The van der Waals surface area contributed by atoms with Crippen LogP contribution in [0, 0.1) is 11.8 Å². The van der Waals surface area contributed by atoms with Crippen molar-refractivity contribution in [1.29, 1.82) is 0 Å². The molecule has 4 nitrogen and oxygen atoms in total. The predicted octanol–water partition coefficient (Wildman–Crippen LogP) is 3.66. The first-order chi connectivity index (χ1) is 11.7. The van der Waals surface area contributed by atoms with E-state index in [2.05, 4.69) is 4.98 Å². The molecule has 2 aromatic rings. The minimum Gasteiger partial charge on any atom is -0.490 e. The van der Waals surface area contributed by atoms with E-state index in [1.165, 1.54) is 0 Å². The molecule has 1 aromatic carbocycles. The number of nitrogens with zero attached hydrogens (tertiary/aromatic N) is 2. The van der Waals surface area contributed by atoms with E-state index < -0.39 is 0 Å². The SMILES string of the molecule is O=C(c1ccccn1)N1C[C@@H]2CC[C@H](Oc3ccc(Cl)cc3)[C@@H]2C1. The fourth-order valence-electron chi connectivity index (χ4n) is 3.87. The van der Waals surface area contributed by atoms with Crippen LogP contribution < -0.4 is 4.74 Å². The summed E-state index contributed by atoms with van der Waals surface area (Å²) in [7, 11) is 0. The number of pyridine rings is 1. The maximum atomic E-state index is 12.6. The topological polar surface area (TPSA) is 42.4 Å². The second-order valence-corrected chi connectivity index (χ2v) is 6.97. The van der Waals surface area contributed by atoms with Crippen molar-refractivity contribution in [3.63, 3.8) is 0 Å². The summed E-state index contributed by atoms with van der Waals surface area (Å²) in [5.74, 6) is 1.79. The molecule has 0 spiro atoms. The normalized spacial score (nSPS) is 25.5. The Hall–Kier alpha value is -2.07. The average Bonchev–Trinajstić information content (AvgIpc) is 3.19. The lowest BCUT2D eigenvalue weighted by molar-refractivity contribution is 0.0756. The molecule has 2 heterocycles. The number of hydrogen-bond acceptors (Lipinski definition) is 3. The van der Waals surface area contributed by atoms with Gasteiger partial charge in [-0.05, 0) is 55.2 Å². The first kappa shape index (κ1) is 15.5. The van der Waals surface area contributed by atoms with Gasteiger partial charge in [-0.15, -0.1) is 0 Å². The molecule has 1 aliphatic carbocycles. The largest absolute Gasteiger partial charge is 0.490 e. The van der Waals surface area contributed by atoms with E-state index in [0.717, 1.165) is 31.7 Å². The van der Waals surface area contributed by atoms with Crippen molar-refractivity contribution in [3.8, 4) is 5.75 Å². The third kappa shape index (κ3) is 2.98. The molecule has 1 amide bonds. The number of aromatic nitrogens is 1. The molecule has 0 N–H and O–H groups in total. The number of amides is 1. The summed E-state index contributed by atoms with van der Waals surface area (Å²) in [6, 6.07) is 12.9.